The van der Waals surface area contributed by atoms with Crippen LogP contribution in [0.1, 0.15) is 36.0 Å². The van der Waals surface area contributed by atoms with Crippen LogP contribution < -0.4 is 5.32 Å². The van der Waals surface area contributed by atoms with Crippen molar-refractivity contribution in [1.29, 1.82) is 0 Å². The maximum Gasteiger partial charge on any atom is 0.176 e. The monoisotopic (exact) mass is 221 g/mol. The largest absolute Gasteiger partial charge is 0.307 e. The molecule has 0 amide bonds. The summed E-state index contributed by atoms with van der Waals surface area (Å²) >= 11 is 0. The van der Waals surface area contributed by atoms with E-state index in [4.69, 9.17) is 0 Å². The van der Waals surface area contributed by atoms with Crippen LogP contribution in [0.4, 0.5) is 4.39 Å². The number of benzene rings is 1. The molecular weight excluding hydrogens is 205 g/mol. The average molecular weight is 221 g/mol. The highest BCUT2D eigenvalue weighted by atomic mass is 19.1. The quantitative estimate of drug-likeness (QED) is 0.792. The lowest BCUT2D eigenvalue weighted by Crippen LogP contribution is -2.31. The SMILES string of the molecule is O=C(CNC1CCCC1)c1ccc(F)cc1. The molecule has 1 fully saturated rings. The van der Waals surface area contributed by atoms with Gasteiger partial charge in [-0.15, -0.1) is 0 Å². The Morgan fingerprint density at radius 1 is 1.25 bits per heavy atom. The molecule has 16 heavy (non-hydrogen) atoms. The minimum absolute atomic E-state index is 0.0342. The van der Waals surface area contributed by atoms with E-state index in [1.165, 1.54) is 37.1 Å². The number of Topliss-reactive ketones (excluding diaryl/α,β-unsaturated/α-hetero) is 1. The van der Waals surface area contributed by atoms with Crippen molar-refractivity contribution in [3.63, 3.8) is 0 Å². The maximum atomic E-state index is 12.7. The zero-order valence-electron chi connectivity index (χ0n) is 9.21. The van der Waals surface area contributed by atoms with Crippen LogP contribution >= 0.6 is 0 Å². The van der Waals surface area contributed by atoms with Crippen LogP contribution in [0.2, 0.25) is 0 Å². The summed E-state index contributed by atoms with van der Waals surface area (Å²) in [5.74, 6) is -0.271. The molecule has 0 aliphatic heterocycles. The first-order valence-electron chi connectivity index (χ1n) is 5.78. The Morgan fingerprint density at radius 3 is 2.50 bits per heavy atom. The molecule has 1 aromatic carbocycles. The van der Waals surface area contributed by atoms with Gasteiger partial charge in [0.15, 0.2) is 5.78 Å². The van der Waals surface area contributed by atoms with Crippen molar-refractivity contribution in [2.45, 2.75) is 31.7 Å². The molecule has 0 bridgehead atoms. The first kappa shape index (κ1) is 11.3. The third kappa shape index (κ3) is 2.89. The van der Waals surface area contributed by atoms with E-state index >= 15 is 0 Å². The number of carbonyl (C=O) groups excluding carboxylic acids is 1. The van der Waals surface area contributed by atoms with Crippen LogP contribution in [-0.4, -0.2) is 18.4 Å². The third-order valence-corrected chi connectivity index (χ3v) is 3.07. The van der Waals surface area contributed by atoms with Gasteiger partial charge in [-0.05, 0) is 37.1 Å². The zero-order valence-corrected chi connectivity index (χ0v) is 9.21. The van der Waals surface area contributed by atoms with E-state index in [0.29, 0.717) is 18.2 Å². The van der Waals surface area contributed by atoms with Gasteiger partial charge in [0, 0.05) is 11.6 Å². The summed E-state index contributed by atoms with van der Waals surface area (Å²) in [5.41, 5.74) is 0.576. The summed E-state index contributed by atoms with van der Waals surface area (Å²) < 4.78 is 12.7. The number of rotatable bonds is 4. The summed E-state index contributed by atoms with van der Waals surface area (Å²) in [5, 5.41) is 3.25. The first-order valence-corrected chi connectivity index (χ1v) is 5.78. The van der Waals surface area contributed by atoms with E-state index in [1.54, 1.807) is 0 Å². The molecule has 1 saturated carbocycles. The van der Waals surface area contributed by atoms with Gasteiger partial charge in [0.2, 0.25) is 0 Å². The molecule has 0 atom stereocenters. The van der Waals surface area contributed by atoms with Crippen molar-refractivity contribution >= 4 is 5.78 Å². The van der Waals surface area contributed by atoms with Gasteiger partial charge in [-0.1, -0.05) is 12.8 Å². The predicted molar refractivity (Wildman–Crippen MR) is 61.0 cm³/mol. The summed E-state index contributed by atoms with van der Waals surface area (Å²) in [7, 11) is 0. The minimum atomic E-state index is -0.305. The van der Waals surface area contributed by atoms with Crippen LogP contribution in [0, 0.1) is 5.82 Å². The molecule has 3 heteroatoms. The van der Waals surface area contributed by atoms with Gasteiger partial charge in [-0.3, -0.25) is 4.79 Å². The Bertz CT molecular complexity index is 355. The number of hydrogen-bond donors (Lipinski definition) is 1. The normalized spacial score (nSPS) is 16.6. The molecule has 0 saturated heterocycles. The highest BCUT2D eigenvalue weighted by Gasteiger charge is 2.15. The Labute approximate surface area is 94.9 Å². The molecule has 1 aromatic rings. The van der Waals surface area contributed by atoms with Crippen LogP contribution in [0.15, 0.2) is 24.3 Å². The number of ketones is 1. The summed E-state index contributed by atoms with van der Waals surface area (Å²) in [6, 6.07) is 6.21. The molecule has 1 aliphatic rings. The lowest BCUT2D eigenvalue weighted by atomic mass is 10.1. The van der Waals surface area contributed by atoms with Gasteiger partial charge in [-0.2, -0.15) is 0 Å². The van der Waals surface area contributed by atoms with E-state index in [1.807, 2.05) is 0 Å². The van der Waals surface area contributed by atoms with E-state index in [2.05, 4.69) is 5.32 Å². The summed E-state index contributed by atoms with van der Waals surface area (Å²) in [6.07, 6.45) is 4.83. The number of carbonyl (C=O) groups is 1. The van der Waals surface area contributed by atoms with Gasteiger partial charge in [0.05, 0.1) is 6.54 Å². The second-order valence-corrected chi connectivity index (χ2v) is 4.29. The molecule has 1 N–H and O–H groups in total. The third-order valence-electron chi connectivity index (χ3n) is 3.07. The summed E-state index contributed by atoms with van der Waals surface area (Å²) in [6.45, 7) is 0.357. The van der Waals surface area contributed by atoms with Crippen LogP contribution in [-0.2, 0) is 0 Å². The number of nitrogens with one attached hydrogen (secondary N) is 1. The van der Waals surface area contributed by atoms with Gasteiger partial charge in [-0.25, -0.2) is 4.39 Å². The molecule has 0 heterocycles. The minimum Gasteiger partial charge on any atom is -0.307 e. The van der Waals surface area contributed by atoms with E-state index in [0.717, 1.165) is 12.8 Å². The van der Waals surface area contributed by atoms with Crippen molar-refractivity contribution < 1.29 is 9.18 Å². The van der Waals surface area contributed by atoms with Crippen LogP contribution in [0.3, 0.4) is 0 Å². The zero-order chi connectivity index (χ0) is 11.4. The van der Waals surface area contributed by atoms with Crippen molar-refractivity contribution in [2.75, 3.05) is 6.54 Å². The average Bonchev–Trinajstić information content (AvgIpc) is 2.80. The molecule has 2 nitrogen and oxygen atoms in total. The second kappa shape index (κ2) is 5.21. The summed E-state index contributed by atoms with van der Waals surface area (Å²) in [4.78, 5) is 11.7. The van der Waals surface area contributed by atoms with Gasteiger partial charge < -0.3 is 5.32 Å². The number of halogens is 1. The molecule has 1 aliphatic carbocycles. The Hall–Kier alpha value is -1.22. The lowest BCUT2D eigenvalue weighted by molar-refractivity contribution is 0.0987. The highest BCUT2D eigenvalue weighted by Crippen LogP contribution is 2.17. The Kier molecular flexibility index (Phi) is 3.67. The van der Waals surface area contributed by atoms with Gasteiger partial charge in [0.25, 0.3) is 0 Å². The van der Waals surface area contributed by atoms with E-state index in [9.17, 15) is 9.18 Å². The molecule has 86 valence electrons. The smallest absolute Gasteiger partial charge is 0.176 e. The van der Waals surface area contributed by atoms with Gasteiger partial charge in [0.1, 0.15) is 5.82 Å². The van der Waals surface area contributed by atoms with Gasteiger partial charge >= 0.3 is 0 Å². The van der Waals surface area contributed by atoms with Crippen molar-refractivity contribution in [1.82, 2.24) is 5.32 Å². The molecular formula is C13H16FNO. The molecule has 0 radical (unpaired) electrons. The number of hydrogen-bond acceptors (Lipinski definition) is 2. The lowest BCUT2D eigenvalue weighted by Gasteiger charge is -2.10. The topological polar surface area (TPSA) is 29.1 Å². The van der Waals surface area contributed by atoms with Crippen LogP contribution in [0.5, 0.6) is 0 Å². The Balaban J connectivity index is 1.85. The van der Waals surface area contributed by atoms with Crippen molar-refractivity contribution in [2.24, 2.45) is 0 Å². The fourth-order valence-corrected chi connectivity index (χ4v) is 2.10. The molecule has 0 spiro atoms. The second-order valence-electron chi connectivity index (χ2n) is 4.29. The van der Waals surface area contributed by atoms with Crippen molar-refractivity contribution in [3.05, 3.63) is 35.6 Å². The fraction of sp³-hybridized carbons (Fsp3) is 0.462. The fourth-order valence-electron chi connectivity index (χ4n) is 2.10. The standard InChI is InChI=1S/C13H16FNO/c14-11-7-5-10(6-8-11)13(16)9-15-12-3-1-2-4-12/h5-8,12,15H,1-4,9H2. The van der Waals surface area contributed by atoms with Crippen LogP contribution in [0.25, 0.3) is 0 Å². The molecule has 0 unspecified atom stereocenters. The van der Waals surface area contributed by atoms with E-state index in [-0.39, 0.29) is 11.6 Å². The molecule has 0 aromatic heterocycles. The van der Waals surface area contributed by atoms with E-state index < -0.39 is 0 Å². The van der Waals surface area contributed by atoms with Crippen molar-refractivity contribution in [3.8, 4) is 0 Å². The predicted octanol–water partition coefficient (Wildman–Crippen LogP) is 2.54. The highest BCUT2D eigenvalue weighted by molar-refractivity contribution is 5.97. The molecule has 2 rings (SSSR count). The Morgan fingerprint density at radius 2 is 1.88 bits per heavy atom. The maximum absolute atomic E-state index is 12.7. The first-order chi connectivity index (χ1) is 7.75.